The number of nitrogen functional groups attached to an aromatic ring is 1. The van der Waals surface area contributed by atoms with Crippen LogP contribution < -0.4 is 5.73 Å². The first-order valence-corrected chi connectivity index (χ1v) is 6.63. The number of imidazole rings is 1. The highest BCUT2D eigenvalue weighted by Crippen LogP contribution is 2.17. The molecule has 0 bridgehead atoms. The van der Waals surface area contributed by atoms with Gasteiger partial charge in [0.05, 0.1) is 18.1 Å². The van der Waals surface area contributed by atoms with Gasteiger partial charge in [-0.05, 0) is 6.42 Å². The second-order valence-electron chi connectivity index (χ2n) is 4.75. The van der Waals surface area contributed by atoms with Crippen LogP contribution in [-0.4, -0.2) is 29.3 Å². The minimum absolute atomic E-state index is 0.468. The molecule has 3 rings (SSSR count). The first-order chi connectivity index (χ1) is 9.69. The van der Waals surface area contributed by atoms with Crippen molar-refractivity contribution in [3.8, 4) is 0 Å². The summed E-state index contributed by atoms with van der Waals surface area (Å²) in [6, 6.07) is 0. The van der Waals surface area contributed by atoms with Gasteiger partial charge in [0.15, 0.2) is 11.5 Å². The Labute approximate surface area is 116 Å². The highest BCUT2D eigenvalue weighted by molar-refractivity contribution is 5.84. The molecule has 3 aromatic rings. The van der Waals surface area contributed by atoms with Crippen molar-refractivity contribution in [1.29, 1.82) is 0 Å². The Kier molecular flexibility index (Phi) is 3.09. The molecular formula is C13H17N7. The number of rotatable bonds is 4. The van der Waals surface area contributed by atoms with Crippen molar-refractivity contribution in [3.05, 3.63) is 30.2 Å². The standard InChI is InChI=1S/C13H17N7/c1-3-4-11-15-5-6-20(11)8-10-17-12(14)9-7-16-19(2)13(9)18-10/h5-7H,3-4,8H2,1-2H3,(H2,14,17,18). The lowest BCUT2D eigenvalue weighted by atomic mass is 10.3. The zero-order valence-electron chi connectivity index (χ0n) is 11.6. The number of anilines is 1. The van der Waals surface area contributed by atoms with Gasteiger partial charge in [0, 0.05) is 25.9 Å². The molecule has 0 saturated heterocycles. The van der Waals surface area contributed by atoms with Crippen molar-refractivity contribution in [2.75, 3.05) is 5.73 Å². The molecule has 0 spiro atoms. The van der Waals surface area contributed by atoms with Crippen LogP contribution in [0.5, 0.6) is 0 Å². The SMILES string of the molecule is CCCc1nccn1Cc1nc(N)c2cnn(C)c2n1. The van der Waals surface area contributed by atoms with Crippen LogP contribution in [0.2, 0.25) is 0 Å². The first-order valence-electron chi connectivity index (χ1n) is 6.63. The number of nitrogens with two attached hydrogens (primary N) is 1. The van der Waals surface area contributed by atoms with Gasteiger partial charge < -0.3 is 10.3 Å². The molecule has 3 heterocycles. The summed E-state index contributed by atoms with van der Waals surface area (Å²) in [5.41, 5.74) is 6.72. The molecule has 0 aliphatic rings. The summed E-state index contributed by atoms with van der Waals surface area (Å²) < 4.78 is 3.76. The summed E-state index contributed by atoms with van der Waals surface area (Å²) in [5.74, 6) is 2.18. The van der Waals surface area contributed by atoms with Gasteiger partial charge in [-0.15, -0.1) is 0 Å². The molecule has 0 aromatic carbocycles. The van der Waals surface area contributed by atoms with E-state index >= 15 is 0 Å². The van der Waals surface area contributed by atoms with Crippen LogP contribution in [0.3, 0.4) is 0 Å². The average molecular weight is 271 g/mol. The molecule has 20 heavy (non-hydrogen) atoms. The lowest BCUT2D eigenvalue weighted by Gasteiger charge is -2.07. The third kappa shape index (κ3) is 2.11. The maximum absolute atomic E-state index is 5.97. The molecule has 0 saturated carbocycles. The Morgan fingerprint density at radius 1 is 1.30 bits per heavy atom. The van der Waals surface area contributed by atoms with Crippen LogP contribution in [0.15, 0.2) is 18.6 Å². The number of hydrogen-bond donors (Lipinski definition) is 1. The van der Waals surface area contributed by atoms with Crippen molar-refractivity contribution in [2.45, 2.75) is 26.3 Å². The highest BCUT2D eigenvalue weighted by atomic mass is 15.3. The van der Waals surface area contributed by atoms with Gasteiger partial charge in [-0.2, -0.15) is 5.10 Å². The van der Waals surface area contributed by atoms with Crippen molar-refractivity contribution < 1.29 is 0 Å². The van der Waals surface area contributed by atoms with Crippen LogP contribution in [0.4, 0.5) is 5.82 Å². The van der Waals surface area contributed by atoms with Gasteiger partial charge in [-0.25, -0.2) is 15.0 Å². The normalized spacial score (nSPS) is 11.3. The van der Waals surface area contributed by atoms with E-state index in [2.05, 4.69) is 31.5 Å². The summed E-state index contributed by atoms with van der Waals surface area (Å²) in [6.45, 7) is 2.70. The number of nitrogens with zero attached hydrogens (tertiary/aromatic N) is 6. The molecule has 3 aromatic heterocycles. The number of hydrogen-bond acceptors (Lipinski definition) is 5. The van der Waals surface area contributed by atoms with E-state index in [9.17, 15) is 0 Å². The van der Waals surface area contributed by atoms with Crippen LogP contribution in [0.25, 0.3) is 11.0 Å². The maximum Gasteiger partial charge on any atom is 0.163 e. The minimum Gasteiger partial charge on any atom is -0.383 e. The van der Waals surface area contributed by atoms with Gasteiger partial charge in [-0.3, -0.25) is 4.68 Å². The van der Waals surface area contributed by atoms with Crippen LogP contribution in [0.1, 0.15) is 25.0 Å². The zero-order valence-corrected chi connectivity index (χ0v) is 11.6. The molecular weight excluding hydrogens is 254 g/mol. The number of aromatic nitrogens is 6. The van der Waals surface area contributed by atoms with E-state index in [4.69, 9.17) is 5.73 Å². The molecule has 7 nitrogen and oxygen atoms in total. The molecule has 7 heteroatoms. The van der Waals surface area contributed by atoms with Crippen LogP contribution >= 0.6 is 0 Å². The van der Waals surface area contributed by atoms with E-state index in [0.29, 0.717) is 18.2 Å². The van der Waals surface area contributed by atoms with Crippen molar-refractivity contribution >= 4 is 16.9 Å². The fraction of sp³-hybridized carbons (Fsp3) is 0.385. The van der Waals surface area contributed by atoms with Crippen molar-refractivity contribution in [3.63, 3.8) is 0 Å². The molecule has 0 aliphatic heterocycles. The minimum atomic E-state index is 0.468. The summed E-state index contributed by atoms with van der Waals surface area (Å²) in [7, 11) is 1.85. The zero-order chi connectivity index (χ0) is 14.1. The molecule has 0 fully saturated rings. The summed E-state index contributed by atoms with van der Waals surface area (Å²) in [6.07, 6.45) is 7.43. The Bertz CT molecular complexity index is 740. The second kappa shape index (κ2) is 4.92. The Morgan fingerprint density at radius 3 is 2.95 bits per heavy atom. The summed E-state index contributed by atoms with van der Waals surface area (Å²) in [5, 5.41) is 4.94. The summed E-state index contributed by atoms with van der Waals surface area (Å²) >= 11 is 0. The lowest BCUT2D eigenvalue weighted by Crippen LogP contribution is -2.09. The quantitative estimate of drug-likeness (QED) is 0.769. The largest absolute Gasteiger partial charge is 0.383 e. The predicted octanol–water partition coefficient (Wildman–Crippen LogP) is 1.14. The second-order valence-corrected chi connectivity index (χ2v) is 4.75. The van der Waals surface area contributed by atoms with Crippen molar-refractivity contribution in [2.24, 2.45) is 7.05 Å². The highest BCUT2D eigenvalue weighted by Gasteiger charge is 2.10. The third-order valence-electron chi connectivity index (χ3n) is 3.25. The average Bonchev–Trinajstić information content (AvgIpc) is 2.99. The van der Waals surface area contributed by atoms with Gasteiger partial charge in [-0.1, -0.05) is 6.92 Å². The fourth-order valence-electron chi connectivity index (χ4n) is 2.25. The van der Waals surface area contributed by atoms with E-state index < -0.39 is 0 Å². The molecule has 0 unspecified atom stereocenters. The maximum atomic E-state index is 5.97. The third-order valence-corrected chi connectivity index (χ3v) is 3.25. The van der Waals surface area contributed by atoms with E-state index in [1.165, 1.54) is 0 Å². The molecule has 0 amide bonds. The van der Waals surface area contributed by atoms with E-state index in [1.807, 2.05) is 13.2 Å². The molecule has 2 N–H and O–H groups in total. The van der Waals surface area contributed by atoms with Crippen molar-refractivity contribution in [1.82, 2.24) is 29.3 Å². The Balaban J connectivity index is 1.98. The Hall–Kier alpha value is -2.44. The summed E-state index contributed by atoms with van der Waals surface area (Å²) in [4.78, 5) is 13.2. The van der Waals surface area contributed by atoms with E-state index in [0.717, 1.165) is 29.7 Å². The van der Waals surface area contributed by atoms with Crippen LogP contribution in [0, 0.1) is 0 Å². The molecule has 0 radical (unpaired) electrons. The fourth-order valence-corrected chi connectivity index (χ4v) is 2.25. The first kappa shape index (κ1) is 12.6. The van der Waals surface area contributed by atoms with Gasteiger partial charge in [0.25, 0.3) is 0 Å². The number of aryl methyl sites for hydroxylation is 2. The van der Waals surface area contributed by atoms with E-state index in [1.54, 1.807) is 17.1 Å². The van der Waals surface area contributed by atoms with Gasteiger partial charge in [0.1, 0.15) is 11.6 Å². The molecule has 0 atom stereocenters. The lowest BCUT2D eigenvalue weighted by molar-refractivity contribution is 0.677. The Morgan fingerprint density at radius 2 is 2.15 bits per heavy atom. The molecule has 0 aliphatic carbocycles. The topological polar surface area (TPSA) is 87.4 Å². The van der Waals surface area contributed by atoms with Gasteiger partial charge >= 0.3 is 0 Å². The number of fused-ring (bicyclic) bond motifs is 1. The molecule has 104 valence electrons. The predicted molar refractivity (Wildman–Crippen MR) is 76.0 cm³/mol. The van der Waals surface area contributed by atoms with E-state index in [-0.39, 0.29) is 0 Å². The monoisotopic (exact) mass is 271 g/mol. The van der Waals surface area contributed by atoms with Crippen LogP contribution in [-0.2, 0) is 20.0 Å². The van der Waals surface area contributed by atoms with Gasteiger partial charge in [0.2, 0.25) is 0 Å². The smallest absolute Gasteiger partial charge is 0.163 e.